The predicted molar refractivity (Wildman–Crippen MR) is 112 cm³/mol. The molecule has 0 unspecified atom stereocenters. The number of nitrogens with zero attached hydrogens (tertiary/aromatic N) is 1. The molecule has 0 spiro atoms. The van der Waals surface area contributed by atoms with Crippen molar-refractivity contribution in [3.8, 4) is 0 Å². The summed E-state index contributed by atoms with van der Waals surface area (Å²) >= 11 is 1.10. The van der Waals surface area contributed by atoms with Crippen molar-refractivity contribution in [3.05, 3.63) is 35.4 Å². The van der Waals surface area contributed by atoms with Gasteiger partial charge in [-0.25, -0.2) is 4.79 Å². The number of allylic oxidation sites excluding steroid dienone is 1. The number of likely N-dealkylation sites (tertiary alicyclic amines) is 1. The summed E-state index contributed by atoms with van der Waals surface area (Å²) in [5.74, 6) is 0.517. The molecule has 29 heavy (non-hydrogen) atoms. The molecule has 0 aliphatic carbocycles. The monoisotopic (exact) mass is 429 g/mol. The second kappa shape index (κ2) is 9.92. The van der Waals surface area contributed by atoms with E-state index in [-0.39, 0.29) is 11.0 Å². The van der Waals surface area contributed by atoms with Crippen LogP contribution < -0.4 is 0 Å². The molecule has 1 saturated heterocycles. The Labute approximate surface area is 175 Å². The normalized spacial score (nSPS) is 16.4. The van der Waals surface area contributed by atoms with Crippen molar-refractivity contribution >= 4 is 23.9 Å². The third-order valence-electron chi connectivity index (χ3n) is 4.85. The largest absolute Gasteiger partial charge is 0.444 e. The van der Waals surface area contributed by atoms with Gasteiger partial charge in [-0.1, -0.05) is 18.2 Å². The number of hydrogen-bond acceptors (Lipinski definition) is 3. The molecule has 1 aromatic rings. The van der Waals surface area contributed by atoms with E-state index < -0.39 is 17.3 Å². The summed E-state index contributed by atoms with van der Waals surface area (Å²) in [5.41, 5.74) is -0.504. The molecule has 0 atom stereocenters. The number of halogens is 3. The van der Waals surface area contributed by atoms with Gasteiger partial charge in [0, 0.05) is 18.0 Å². The van der Waals surface area contributed by atoms with E-state index in [1.807, 2.05) is 26.8 Å². The van der Waals surface area contributed by atoms with Crippen molar-refractivity contribution in [1.82, 2.24) is 4.90 Å². The van der Waals surface area contributed by atoms with Crippen LogP contribution in [0.4, 0.5) is 18.0 Å². The van der Waals surface area contributed by atoms with E-state index in [0.717, 1.165) is 37.4 Å². The van der Waals surface area contributed by atoms with Crippen LogP contribution in [-0.2, 0) is 10.9 Å². The van der Waals surface area contributed by atoms with Crippen molar-refractivity contribution in [2.45, 2.75) is 63.1 Å². The highest BCUT2D eigenvalue weighted by Gasteiger charge is 2.33. The van der Waals surface area contributed by atoms with E-state index in [4.69, 9.17) is 4.74 Å². The fraction of sp³-hybridized carbons (Fsp3) is 0.591. The van der Waals surface area contributed by atoms with Crippen molar-refractivity contribution < 1.29 is 22.7 Å². The van der Waals surface area contributed by atoms with Crippen LogP contribution in [0.2, 0.25) is 0 Å². The van der Waals surface area contributed by atoms with Gasteiger partial charge >= 0.3 is 12.3 Å². The molecular weight excluding hydrogens is 399 g/mol. The van der Waals surface area contributed by atoms with Crippen LogP contribution >= 0.6 is 11.8 Å². The van der Waals surface area contributed by atoms with Crippen LogP contribution in [0, 0.1) is 5.92 Å². The summed E-state index contributed by atoms with van der Waals surface area (Å²) in [6.45, 7) is 6.95. The summed E-state index contributed by atoms with van der Waals surface area (Å²) in [6.07, 6.45) is 4.37. The number of carbonyl (C=O) groups excluding carboxylic acids is 1. The summed E-state index contributed by atoms with van der Waals surface area (Å²) in [4.78, 5) is 14.1. The number of piperidine rings is 1. The van der Waals surface area contributed by atoms with Crippen LogP contribution in [0.1, 0.15) is 57.6 Å². The van der Waals surface area contributed by atoms with E-state index >= 15 is 0 Å². The zero-order valence-electron chi connectivity index (χ0n) is 17.5. The van der Waals surface area contributed by atoms with Crippen LogP contribution in [0.15, 0.2) is 29.2 Å². The lowest BCUT2D eigenvalue weighted by Gasteiger charge is -2.33. The highest BCUT2D eigenvalue weighted by Crippen LogP contribution is 2.36. The molecule has 0 N–H and O–H groups in total. The van der Waals surface area contributed by atoms with Gasteiger partial charge in [-0.05, 0) is 76.3 Å². The summed E-state index contributed by atoms with van der Waals surface area (Å²) < 4.78 is 44.9. The number of benzene rings is 1. The molecule has 1 amide bonds. The second-order valence-electron chi connectivity index (χ2n) is 8.35. The lowest BCUT2D eigenvalue weighted by Crippen LogP contribution is -2.41. The number of amides is 1. The molecule has 3 nitrogen and oxygen atoms in total. The average Bonchev–Trinajstić information content (AvgIpc) is 2.63. The molecule has 1 aromatic carbocycles. The number of alkyl halides is 3. The third kappa shape index (κ3) is 7.61. The van der Waals surface area contributed by atoms with E-state index in [9.17, 15) is 18.0 Å². The first-order chi connectivity index (χ1) is 13.5. The minimum atomic E-state index is -4.34. The fourth-order valence-electron chi connectivity index (χ4n) is 3.33. The molecular formula is C22H30F3NO2S. The molecule has 2 rings (SSSR count). The summed E-state index contributed by atoms with van der Waals surface area (Å²) in [5, 5.41) is 0. The first kappa shape index (κ1) is 23.6. The molecule has 0 aromatic heterocycles. The molecule has 7 heteroatoms. The van der Waals surface area contributed by atoms with Gasteiger partial charge in [0.2, 0.25) is 0 Å². The van der Waals surface area contributed by atoms with E-state index in [1.54, 1.807) is 23.3 Å². The minimum absolute atomic E-state index is 0.242. The topological polar surface area (TPSA) is 29.5 Å². The van der Waals surface area contributed by atoms with E-state index in [1.165, 1.54) is 12.1 Å². The molecule has 0 bridgehead atoms. The quantitative estimate of drug-likeness (QED) is 0.479. The van der Waals surface area contributed by atoms with Crippen LogP contribution in [0.3, 0.4) is 0 Å². The Kier molecular flexibility index (Phi) is 8.09. The van der Waals surface area contributed by atoms with Gasteiger partial charge in [0.1, 0.15) is 5.60 Å². The van der Waals surface area contributed by atoms with Gasteiger partial charge in [0.15, 0.2) is 0 Å². The SMILES string of the molecule is CSc1ccc(C=CCCC2CCN(C(=O)OC(C)(C)C)CC2)cc1C(F)(F)F. The van der Waals surface area contributed by atoms with Crippen molar-refractivity contribution in [2.75, 3.05) is 19.3 Å². The van der Waals surface area contributed by atoms with Gasteiger partial charge in [-0.2, -0.15) is 13.2 Å². The Morgan fingerprint density at radius 2 is 1.90 bits per heavy atom. The van der Waals surface area contributed by atoms with Crippen LogP contribution in [0.5, 0.6) is 0 Å². The van der Waals surface area contributed by atoms with Gasteiger partial charge < -0.3 is 9.64 Å². The zero-order chi connectivity index (χ0) is 21.7. The smallest absolute Gasteiger partial charge is 0.417 e. The third-order valence-corrected chi connectivity index (χ3v) is 5.64. The van der Waals surface area contributed by atoms with E-state index in [0.29, 0.717) is 24.6 Å². The number of hydrogen-bond donors (Lipinski definition) is 0. The zero-order valence-corrected chi connectivity index (χ0v) is 18.3. The lowest BCUT2D eigenvalue weighted by molar-refractivity contribution is -0.139. The minimum Gasteiger partial charge on any atom is -0.444 e. The van der Waals surface area contributed by atoms with Crippen LogP contribution in [0.25, 0.3) is 6.08 Å². The summed E-state index contributed by atoms with van der Waals surface area (Å²) in [6, 6.07) is 4.46. The van der Waals surface area contributed by atoms with Crippen molar-refractivity contribution in [2.24, 2.45) is 5.92 Å². The van der Waals surface area contributed by atoms with Gasteiger partial charge in [0.05, 0.1) is 5.56 Å². The predicted octanol–water partition coefficient (Wildman–Crippen LogP) is 6.87. The molecule has 0 radical (unpaired) electrons. The van der Waals surface area contributed by atoms with Gasteiger partial charge in [-0.3, -0.25) is 0 Å². The highest BCUT2D eigenvalue weighted by molar-refractivity contribution is 7.98. The molecule has 1 aliphatic rings. The molecule has 1 heterocycles. The molecule has 0 saturated carbocycles. The Balaban J connectivity index is 1.81. The Morgan fingerprint density at radius 1 is 1.24 bits per heavy atom. The van der Waals surface area contributed by atoms with Crippen molar-refractivity contribution in [3.63, 3.8) is 0 Å². The highest BCUT2D eigenvalue weighted by atomic mass is 32.2. The standard InChI is InChI=1S/C22H30F3NO2S/c1-21(2,3)28-20(27)26-13-11-16(12-14-26)7-5-6-8-17-9-10-19(29-4)18(15-17)22(23,24)25/h6,8-10,15-16H,5,7,11-14H2,1-4H3. The number of carbonyl (C=O) groups is 1. The van der Waals surface area contributed by atoms with Gasteiger partial charge in [-0.15, -0.1) is 11.8 Å². The van der Waals surface area contributed by atoms with Gasteiger partial charge in [0.25, 0.3) is 0 Å². The Morgan fingerprint density at radius 3 is 2.45 bits per heavy atom. The molecule has 1 aliphatic heterocycles. The second-order valence-corrected chi connectivity index (χ2v) is 9.20. The number of rotatable bonds is 5. The van der Waals surface area contributed by atoms with E-state index in [2.05, 4.69) is 0 Å². The maximum absolute atomic E-state index is 13.2. The maximum atomic E-state index is 13.2. The number of ether oxygens (including phenoxy) is 1. The molecule has 1 fully saturated rings. The first-order valence-electron chi connectivity index (χ1n) is 9.89. The first-order valence-corrected chi connectivity index (χ1v) is 11.1. The Hall–Kier alpha value is -1.63. The lowest BCUT2D eigenvalue weighted by atomic mass is 9.92. The molecule has 162 valence electrons. The Bertz CT molecular complexity index is 718. The number of thioether (sulfide) groups is 1. The van der Waals surface area contributed by atoms with Crippen LogP contribution in [-0.4, -0.2) is 35.9 Å². The maximum Gasteiger partial charge on any atom is 0.417 e. The fourth-order valence-corrected chi connectivity index (χ4v) is 3.93. The summed E-state index contributed by atoms with van der Waals surface area (Å²) in [7, 11) is 0. The van der Waals surface area contributed by atoms with Crippen molar-refractivity contribution in [1.29, 1.82) is 0 Å². The average molecular weight is 430 g/mol.